The predicted molar refractivity (Wildman–Crippen MR) is 71.7 cm³/mol. The number of phenolic OH excluding ortho intramolecular Hbond substituents is 2. The lowest BCUT2D eigenvalue weighted by atomic mass is 10.3. The molecule has 5 heteroatoms. The summed E-state index contributed by atoms with van der Waals surface area (Å²) < 4.78 is 6.85. The van der Waals surface area contributed by atoms with Gasteiger partial charge in [0, 0.05) is 4.47 Å². The molecular formula is C12H8Br2O3. The topological polar surface area (TPSA) is 49.7 Å². The second kappa shape index (κ2) is 4.98. The van der Waals surface area contributed by atoms with Gasteiger partial charge < -0.3 is 14.9 Å². The third-order valence-corrected chi connectivity index (χ3v) is 3.20. The van der Waals surface area contributed by atoms with E-state index in [1.54, 1.807) is 24.3 Å². The Hall–Kier alpha value is -1.20. The molecule has 0 fully saturated rings. The minimum absolute atomic E-state index is 0.0531. The summed E-state index contributed by atoms with van der Waals surface area (Å²) >= 11 is 6.49. The smallest absolute Gasteiger partial charge is 0.170 e. The number of benzene rings is 2. The fraction of sp³-hybridized carbons (Fsp3) is 0. The van der Waals surface area contributed by atoms with Crippen molar-refractivity contribution in [3.8, 4) is 23.0 Å². The van der Waals surface area contributed by atoms with Gasteiger partial charge in [0.2, 0.25) is 0 Å². The number of hydrogen-bond donors (Lipinski definition) is 2. The van der Waals surface area contributed by atoms with E-state index in [0.717, 1.165) is 4.47 Å². The van der Waals surface area contributed by atoms with Gasteiger partial charge in [-0.1, -0.05) is 15.9 Å². The Labute approximate surface area is 115 Å². The van der Waals surface area contributed by atoms with Crippen LogP contribution in [0.1, 0.15) is 0 Å². The zero-order valence-corrected chi connectivity index (χ0v) is 11.7. The Kier molecular flexibility index (Phi) is 3.59. The molecule has 0 amide bonds. The largest absolute Gasteiger partial charge is 0.507 e. The van der Waals surface area contributed by atoms with E-state index in [0.29, 0.717) is 16.0 Å². The highest BCUT2D eigenvalue weighted by Gasteiger charge is 2.06. The van der Waals surface area contributed by atoms with Gasteiger partial charge in [0.25, 0.3) is 0 Å². The van der Waals surface area contributed by atoms with Gasteiger partial charge in [-0.05, 0) is 52.3 Å². The molecule has 2 rings (SSSR count). The fourth-order valence-corrected chi connectivity index (χ4v) is 1.95. The molecule has 0 aliphatic heterocycles. The molecule has 17 heavy (non-hydrogen) atoms. The Morgan fingerprint density at radius 3 is 2.29 bits per heavy atom. The van der Waals surface area contributed by atoms with Crippen LogP contribution >= 0.6 is 31.9 Å². The molecular weight excluding hydrogens is 352 g/mol. The predicted octanol–water partition coefficient (Wildman–Crippen LogP) is 4.42. The standard InChI is InChI=1S/C12H8Br2O3/c13-7-1-3-11(16)12(5-7)17-8-2-4-10(15)9(14)6-8/h1-6,15-16H. The molecule has 0 aliphatic carbocycles. The highest BCUT2D eigenvalue weighted by atomic mass is 79.9. The van der Waals surface area contributed by atoms with Crippen molar-refractivity contribution in [1.82, 2.24) is 0 Å². The molecule has 3 nitrogen and oxygen atoms in total. The first kappa shape index (κ1) is 12.3. The van der Waals surface area contributed by atoms with Gasteiger partial charge >= 0.3 is 0 Å². The van der Waals surface area contributed by atoms with Crippen molar-refractivity contribution in [2.45, 2.75) is 0 Å². The maximum absolute atomic E-state index is 9.61. The van der Waals surface area contributed by atoms with E-state index in [1.165, 1.54) is 12.1 Å². The molecule has 0 aromatic heterocycles. The van der Waals surface area contributed by atoms with Crippen molar-refractivity contribution in [2.24, 2.45) is 0 Å². The molecule has 0 bridgehead atoms. The average molecular weight is 360 g/mol. The molecule has 2 aromatic rings. The maximum atomic E-state index is 9.61. The van der Waals surface area contributed by atoms with Crippen molar-refractivity contribution in [2.75, 3.05) is 0 Å². The van der Waals surface area contributed by atoms with E-state index in [9.17, 15) is 10.2 Å². The fourth-order valence-electron chi connectivity index (χ4n) is 1.25. The van der Waals surface area contributed by atoms with Crippen LogP contribution in [0.2, 0.25) is 0 Å². The van der Waals surface area contributed by atoms with E-state index in [2.05, 4.69) is 31.9 Å². The molecule has 0 saturated heterocycles. The van der Waals surface area contributed by atoms with Crippen molar-refractivity contribution in [3.63, 3.8) is 0 Å². The summed E-state index contributed by atoms with van der Waals surface area (Å²) in [6.45, 7) is 0. The first-order valence-corrected chi connectivity index (χ1v) is 6.30. The number of phenols is 2. The second-order valence-corrected chi connectivity index (χ2v) is 5.10. The van der Waals surface area contributed by atoms with Crippen LogP contribution in [-0.4, -0.2) is 10.2 Å². The van der Waals surface area contributed by atoms with Gasteiger partial charge in [-0.3, -0.25) is 0 Å². The van der Waals surface area contributed by atoms with E-state index in [4.69, 9.17) is 4.74 Å². The monoisotopic (exact) mass is 358 g/mol. The van der Waals surface area contributed by atoms with E-state index < -0.39 is 0 Å². The zero-order chi connectivity index (χ0) is 12.4. The van der Waals surface area contributed by atoms with Gasteiger partial charge in [0.15, 0.2) is 11.5 Å². The highest BCUT2D eigenvalue weighted by Crippen LogP contribution is 2.35. The summed E-state index contributed by atoms with van der Waals surface area (Å²) in [6.07, 6.45) is 0. The number of rotatable bonds is 2. The summed E-state index contributed by atoms with van der Waals surface area (Å²) in [5, 5.41) is 19.0. The molecule has 0 unspecified atom stereocenters. The lowest BCUT2D eigenvalue weighted by molar-refractivity contribution is 0.409. The Balaban J connectivity index is 2.31. The Bertz CT molecular complexity index is 555. The van der Waals surface area contributed by atoms with Gasteiger partial charge in [0.05, 0.1) is 4.47 Å². The van der Waals surface area contributed by atoms with Gasteiger partial charge in [-0.25, -0.2) is 0 Å². The number of hydrogen-bond acceptors (Lipinski definition) is 3. The molecule has 0 aliphatic rings. The summed E-state index contributed by atoms with van der Waals surface area (Å²) in [4.78, 5) is 0. The van der Waals surface area contributed by atoms with Gasteiger partial charge in [-0.2, -0.15) is 0 Å². The highest BCUT2D eigenvalue weighted by molar-refractivity contribution is 9.10. The maximum Gasteiger partial charge on any atom is 0.170 e. The van der Waals surface area contributed by atoms with Crippen LogP contribution in [0.15, 0.2) is 45.3 Å². The van der Waals surface area contributed by atoms with Gasteiger partial charge in [-0.15, -0.1) is 0 Å². The van der Waals surface area contributed by atoms with Crippen molar-refractivity contribution in [1.29, 1.82) is 0 Å². The Morgan fingerprint density at radius 1 is 0.882 bits per heavy atom. The van der Waals surface area contributed by atoms with E-state index in [1.807, 2.05) is 0 Å². The molecule has 2 aromatic carbocycles. The summed E-state index contributed by atoms with van der Waals surface area (Å²) in [6, 6.07) is 9.66. The van der Waals surface area contributed by atoms with Crippen LogP contribution in [0, 0.1) is 0 Å². The molecule has 2 N–H and O–H groups in total. The third-order valence-electron chi connectivity index (χ3n) is 2.07. The summed E-state index contributed by atoms with van der Waals surface area (Å²) in [5.41, 5.74) is 0. The summed E-state index contributed by atoms with van der Waals surface area (Å²) in [7, 11) is 0. The molecule has 0 saturated carbocycles. The normalized spacial score (nSPS) is 10.2. The Morgan fingerprint density at radius 2 is 1.59 bits per heavy atom. The number of ether oxygens (including phenoxy) is 1. The number of aromatic hydroxyl groups is 2. The van der Waals surface area contributed by atoms with E-state index in [-0.39, 0.29) is 11.5 Å². The molecule has 0 atom stereocenters. The molecule has 0 radical (unpaired) electrons. The SMILES string of the molecule is Oc1ccc(Oc2cc(Br)ccc2O)cc1Br. The van der Waals surface area contributed by atoms with Crippen LogP contribution in [-0.2, 0) is 0 Å². The first-order valence-electron chi connectivity index (χ1n) is 4.71. The van der Waals surface area contributed by atoms with Crippen LogP contribution in [0.3, 0.4) is 0 Å². The van der Waals surface area contributed by atoms with E-state index >= 15 is 0 Å². The molecule has 88 valence electrons. The van der Waals surface area contributed by atoms with Crippen LogP contribution in [0.4, 0.5) is 0 Å². The average Bonchev–Trinajstić information content (AvgIpc) is 2.29. The van der Waals surface area contributed by atoms with Gasteiger partial charge in [0.1, 0.15) is 11.5 Å². The summed E-state index contributed by atoms with van der Waals surface area (Å²) in [5.74, 6) is 1.05. The second-order valence-electron chi connectivity index (χ2n) is 3.33. The van der Waals surface area contributed by atoms with Crippen molar-refractivity contribution < 1.29 is 14.9 Å². The molecule has 0 spiro atoms. The third kappa shape index (κ3) is 2.92. The minimum Gasteiger partial charge on any atom is -0.507 e. The zero-order valence-electron chi connectivity index (χ0n) is 8.52. The lowest BCUT2D eigenvalue weighted by Gasteiger charge is -2.08. The molecule has 0 heterocycles. The van der Waals surface area contributed by atoms with Crippen molar-refractivity contribution >= 4 is 31.9 Å². The lowest BCUT2D eigenvalue weighted by Crippen LogP contribution is -1.85. The van der Waals surface area contributed by atoms with Crippen LogP contribution in [0.25, 0.3) is 0 Å². The number of halogens is 2. The van der Waals surface area contributed by atoms with Crippen LogP contribution < -0.4 is 4.74 Å². The minimum atomic E-state index is 0.0531. The first-order chi connectivity index (χ1) is 8.06. The van der Waals surface area contributed by atoms with Crippen molar-refractivity contribution in [3.05, 3.63) is 45.3 Å². The van der Waals surface area contributed by atoms with Crippen LogP contribution in [0.5, 0.6) is 23.0 Å². The quantitative estimate of drug-likeness (QED) is 0.834.